The zero-order valence-electron chi connectivity index (χ0n) is 14.7. The van der Waals surface area contributed by atoms with E-state index in [0.29, 0.717) is 15.4 Å². The number of rotatable bonds is 8. The molecule has 0 saturated heterocycles. The Morgan fingerprint density at radius 3 is 2.71 bits per heavy atom. The number of alkyl halides is 3. The van der Waals surface area contributed by atoms with Crippen LogP contribution in [0.5, 0.6) is 0 Å². The molecule has 0 aliphatic heterocycles. The molecule has 0 saturated carbocycles. The van der Waals surface area contributed by atoms with Crippen LogP contribution in [0.1, 0.15) is 0 Å². The Balaban J connectivity index is 1.88. The molecule has 1 aromatic carbocycles. The van der Waals surface area contributed by atoms with Gasteiger partial charge < -0.3 is 4.74 Å². The van der Waals surface area contributed by atoms with Crippen molar-refractivity contribution in [1.82, 2.24) is 9.55 Å². The first-order chi connectivity index (χ1) is 13.4. The molecule has 0 atom stereocenters. The summed E-state index contributed by atoms with van der Waals surface area (Å²) in [6.07, 6.45) is -2.76. The van der Waals surface area contributed by atoms with Gasteiger partial charge in [-0.15, -0.1) is 17.9 Å². The summed E-state index contributed by atoms with van der Waals surface area (Å²) in [7, 11) is 0. The van der Waals surface area contributed by atoms with Gasteiger partial charge in [-0.1, -0.05) is 48.2 Å². The standard InChI is InChI=1S/C19H17F3N2O2S2/c1-2-8-24-17(25)15-14(13-6-4-3-5-7-13)11-28-16(15)23-18(24)27-10-9-26-12-19(20,21)22/h2-7,11H,1,8-10,12H2. The molecule has 0 fully saturated rings. The molecule has 0 radical (unpaired) electrons. The molecule has 0 N–H and O–H groups in total. The summed E-state index contributed by atoms with van der Waals surface area (Å²) >= 11 is 2.56. The van der Waals surface area contributed by atoms with E-state index in [4.69, 9.17) is 0 Å². The Morgan fingerprint density at radius 1 is 1.29 bits per heavy atom. The summed E-state index contributed by atoms with van der Waals surface area (Å²) in [5.41, 5.74) is 1.56. The average Bonchev–Trinajstić information content (AvgIpc) is 3.08. The van der Waals surface area contributed by atoms with Crippen molar-refractivity contribution in [3.05, 3.63) is 58.7 Å². The summed E-state index contributed by atoms with van der Waals surface area (Å²) in [6, 6.07) is 9.57. The van der Waals surface area contributed by atoms with Crippen LogP contribution in [-0.4, -0.2) is 34.7 Å². The van der Waals surface area contributed by atoms with Crippen LogP contribution in [0.4, 0.5) is 13.2 Å². The lowest BCUT2D eigenvalue weighted by Crippen LogP contribution is -2.23. The first kappa shape index (κ1) is 20.6. The molecule has 2 heterocycles. The van der Waals surface area contributed by atoms with Gasteiger partial charge in [-0.25, -0.2) is 4.98 Å². The number of ether oxygens (including phenoxy) is 1. The molecule has 9 heteroatoms. The van der Waals surface area contributed by atoms with E-state index in [1.165, 1.54) is 27.7 Å². The monoisotopic (exact) mass is 426 g/mol. The number of aromatic nitrogens is 2. The molecule has 0 amide bonds. The number of benzene rings is 1. The minimum atomic E-state index is -4.35. The number of hydrogen-bond acceptors (Lipinski definition) is 5. The Kier molecular flexibility index (Phi) is 6.58. The van der Waals surface area contributed by atoms with Crippen molar-refractivity contribution in [3.63, 3.8) is 0 Å². The molecular formula is C19H17F3N2O2S2. The summed E-state index contributed by atoms with van der Waals surface area (Å²) in [6.45, 7) is 2.56. The van der Waals surface area contributed by atoms with Gasteiger partial charge in [0.25, 0.3) is 5.56 Å². The second-order valence-electron chi connectivity index (χ2n) is 5.81. The van der Waals surface area contributed by atoms with Crippen LogP contribution in [0, 0.1) is 0 Å². The first-order valence-corrected chi connectivity index (χ1v) is 10.2. The maximum absolute atomic E-state index is 13.1. The summed E-state index contributed by atoms with van der Waals surface area (Å²) < 4.78 is 42.5. The average molecular weight is 426 g/mol. The minimum Gasteiger partial charge on any atom is -0.371 e. The number of allylic oxidation sites excluding steroid dienone is 1. The largest absolute Gasteiger partial charge is 0.411 e. The van der Waals surface area contributed by atoms with Gasteiger partial charge in [0.1, 0.15) is 11.4 Å². The lowest BCUT2D eigenvalue weighted by atomic mass is 10.1. The minimum absolute atomic E-state index is 0.0914. The van der Waals surface area contributed by atoms with E-state index in [9.17, 15) is 18.0 Å². The van der Waals surface area contributed by atoms with Gasteiger partial charge in [0.05, 0.1) is 12.0 Å². The fraction of sp³-hybridized carbons (Fsp3) is 0.263. The number of thiophene rings is 1. The SMILES string of the molecule is C=CCn1c(SCCOCC(F)(F)F)nc2scc(-c3ccccc3)c2c1=O. The molecule has 3 rings (SSSR count). The second-order valence-corrected chi connectivity index (χ2v) is 7.73. The van der Waals surface area contributed by atoms with E-state index >= 15 is 0 Å². The van der Waals surface area contributed by atoms with E-state index in [1.54, 1.807) is 6.08 Å². The highest BCUT2D eigenvalue weighted by Gasteiger charge is 2.27. The molecule has 28 heavy (non-hydrogen) atoms. The van der Waals surface area contributed by atoms with E-state index < -0.39 is 12.8 Å². The number of fused-ring (bicyclic) bond motifs is 1. The summed E-state index contributed by atoms with van der Waals surface area (Å²) in [5, 5.41) is 2.87. The zero-order valence-corrected chi connectivity index (χ0v) is 16.4. The van der Waals surface area contributed by atoms with Gasteiger partial charge >= 0.3 is 6.18 Å². The molecule has 3 aromatic rings. The van der Waals surface area contributed by atoms with Gasteiger partial charge in [0.15, 0.2) is 5.16 Å². The first-order valence-electron chi connectivity index (χ1n) is 8.36. The van der Waals surface area contributed by atoms with Gasteiger partial charge in [-0.2, -0.15) is 13.2 Å². The van der Waals surface area contributed by atoms with Crippen molar-refractivity contribution in [2.75, 3.05) is 19.0 Å². The molecule has 4 nitrogen and oxygen atoms in total. The molecule has 0 unspecified atom stereocenters. The summed E-state index contributed by atoms with van der Waals surface area (Å²) in [5.74, 6) is 0.252. The van der Waals surface area contributed by atoms with Crippen molar-refractivity contribution >= 4 is 33.3 Å². The topological polar surface area (TPSA) is 44.1 Å². The molecule has 148 valence electrons. The molecular weight excluding hydrogens is 409 g/mol. The highest BCUT2D eigenvalue weighted by molar-refractivity contribution is 7.99. The van der Waals surface area contributed by atoms with Crippen molar-refractivity contribution in [2.45, 2.75) is 17.9 Å². The van der Waals surface area contributed by atoms with E-state index in [2.05, 4.69) is 16.3 Å². The Hall–Kier alpha value is -2.10. The number of nitrogens with zero attached hydrogens (tertiary/aromatic N) is 2. The maximum atomic E-state index is 13.1. The van der Waals surface area contributed by atoms with Crippen LogP contribution in [-0.2, 0) is 11.3 Å². The Bertz CT molecular complexity index is 1010. The van der Waals surface area contributed by atoms with Crippen LogP contribution < -0.4 is 5.56 Å². The van der Waals surface area contributed by atoms with Gasteiger partial charge in [-0.3, -0.25) is 9.36 Å². The normalized spacial score (nSPS) is 11.8. The van der Waals surface area contributed by atoms with Crippen LogP contribution in [0.15, 0.2) is 58.3 Å². The van der Waals surface area contributed by atoms with Crippen LogP contribution in [0.2, 0.25) is 0 Å². The Morgan fingerprint density at radius 2 is 2.04 bits per heavy atom. The van der Waals surface area contributed by atoms with E-state index in [-0.39, 0.29) is 24.5 Å². The van der Waals surface area contributed by atoms with Crippen molar-refractivity contribution in [1.29, 1.82) is 0 Å². The lowest BCUT2D eigenvalue weighted by molar-refractivity contribution is -0.172. The Labute approximate surface area is 167 Å². The molecule has 0 aliphatic rings. The smallest absolute Gasteiger partial charge is 0.371 e. The van der Waals surface area contributed by atoms with Crippen LogP contribution in [0.3, 0.4) is 0 Å². The predicted octanol–water partition coefficient (Wildman–Crippen LogP) is 4.98. The van der Waals surface area contributed by atoms with Crippen molar-refractivity contribution < 1.29 is 17.9 Å². The third-order valence-electron chi connectivity index (χ3n) is 3.78. The third-order valence-corrected chi connectivity index (χ3v) is 5.59. The van der Waals surface area contributed by atoms with Gasteiger partial charge in [0, 0.05) is 23.2 Å². The van der Waals surface area contributed by atoms with Crippen molar-refractivity contribution in [2.24, 2.45) is 0 Å². The fourth-order valence-corrected chi connectivity index (χ4v) is 4.46. The van der Waals surface area contributed by atoms with Crippen LogP contribution >= 0.6 is 23.1 Å². The lowest BCUT2D eigenvalue weighted by Gasteiger charge is -2.11. The highest BCUT2D eigenvalue weighted by atomic mass is 32.2. The summed E-state index contributed by atoms with van der Waals surface area (Å²) in [4.78, 5) is 18.3. The maximum Gasteiger partial charge on any atom is 0.411 e. The van der Waals surface area contributed by atoms with E-state index in [0.717, 1.165) is 11.1 Å². The number of halogens is 3. The quantitative estimate of drug-likeness (QED) is 0.221. The highest BCUT2D eigenvalue weighted by Crippen LogP contribution is 2.32. The van der Waals surface area contributed by atoms with Gasteiger partial charge in [0.2, 0.25) is 0 Å². The molecule has 2 aromatic heterocycles. The number of hydrogen-bond donors (Lipinski definition) is 0. The third kappa shape index (κ3) is 4.84. The number of thioether (sulfide) groups is 1. The fourth-order valence-electron chi connectivity index (χ4n) is 2.62. The molecule has 0 spiro atoms. The van der Waals surface area contributed by atoms with Gasteiger partial charge in [-0.05, 0) is 5.56 Å². The van der Waals surface area contributed by atoms with E-state index in [1.807, 2.05) is 35.7 Å². The van der Waals surface area contributed by atoms with Crippen molar-refractivity contribution in [3.8, 4) is 11.1 Å². The predicted molar refractivity (Wildman–Crippen MR) is 107 cm³/mol. The zero-order chi connectivity index (χ0) is 20.1. The van der Waals surface area contributed by atoms with Crippen LogP contribution in [0.25, 0.3) is 21.3 Å². The molecule has 0 bridgehead atoms. The molecule has 0 aliphatic carbocycles. The second kappa shape index (κ2) is 8.93.